The molecule has 1 aliphatic heterocycles. The zero-order chi connectivity index (χ0) is 9.42. The van der Waals surface area contributed by atoms with Gasteiger partial charge in [-0.3, -0.25) is 5.10 Å². The standard InChI is InChI=1S/C8H11N3O2.ClH/c1-11-3-2-6-5(4-11)7(8(12)13)10-9-6;/h2-4H2,1H3,(H,9,10)(H,12,13);1H. The second-order valence-corrected chi connectivity index (χ2v) is 3.32. The van der Waals surface area contributed by atoms with E-state index in [4.69, 9.17) is 5.11 Å². The van der Waals surface area contributed by atoms with E-state index in [9.17, 15) is 4.79 Å². The fourth-order valence-corrected chi connectivity index (χ4v) is 1.61. The van der Waals surface area contributed by atoms with Crippen LogP contribution in [0.4, 0.5) is 0 Å². The summed E-state index contributed by atoms with van der Waals surface area (Å²) in [5.74, 6) is -0.951. The predicted molar refractivity (Wildman–Crippen MR) is 52.8 cm³/mol. The van der Waals surface area contributed by atoms with Crippen LogP contribution in [0.5, 0.6) is 0 Å². The lowest BCUT2D eigenvalue weighted by Gasteiger charge is -2.21. The molecule has 1 aromatic heterocycles. The number of carboxylic acids is 1. The Labute approximate surface area is 87.5 Å². The summed E-state index contributed by atoms with van der Waals surface area (Å²) in [5, 5.41) is 15.4. The summed E-state index contributed by atoms with van der Waals surface area (Å²) >= 11 is 0. The number of fused-ring (bicyclic) bond motifs is 1. The molecule has 0 unspecified atom stereocenters. The highest BCUT2D eigenvalue weighted by Crippen LogP contribution is 2.18. The number of aromatic nitrogens is 2. The highest BCUT2D eigenvalue weighted by molar-refractivity contribution is 5.87. The van der Waals surface area contributed by atoms with Crippen LogP contribution < -0.4 is 0 Å². The van der Waals surface area contributed by atoms with Gasteiger partial charge in [0.05, 0.1) is 0 Å². The molecule has 0 spiro atoms. The number of rotatable bonds is 1. The van der Waals surface area contributed by atoms with E-state index >= 15 is 0 Å². The molecule has 0 fully saturated rings. The Morgan fingerprint density at radius 2 is 2.36 bits per heavy atom. The van der Waals surface area contributed by atoms with Crippen molar-refractivity contribution in [1.82, 2.24) is 15.1 Å². The Morgan fingerprint density at radius 3 is 3.00 bits per heavy atom. The molecule has 14 heavy (non-hydrogen) atoms. The Hall–Kier alpha value is -1.07. The Morgan fingerprint density at radius 1 is 1.64 bits per heavy atom. The minimum absolute atomic E-state index is 0. The summed E-state index contributed by atoms with van der Waals surface area (Å²) in [7, 11) is 1.97. The molecule has 0 amide bonds. The Bertz CT molecular complexity index is 350. The van der Waals surface area contributed by atoms with E-state index in [2.05, 4.69) is 15.1 Å². The lowest BCUT2D eigenvalue weighted by molar-refractivity contribution is 0.0688. The molecule has 2 heterocycles. The zero-order valence-electron chi connectivity index (χ0n) is 7.78. The van der Waals surface area contributed by atoms with Crippen molar-refractivity contribution in [3.8, 4) is 0 Å². The molecule has 78 valence electrons. The lowest BCUT2D eigenvalue weighted by Crippen LogP contribution is -2.27. The maximum Gasteiger partial charge on any atom is 0.356 e. The average Bonchev–Trinajstić information content (AvgIpc) is 2.46. The van der Waals surface area contributed by atoms with Gasteiger partial charge in [0.15, 0.2) is 5.69 Å². The summed E-state index contributed by atoms with van der Waals surface area (Å²) in [4.78, 5) is 12.8. The minimum Gasteiger partial charge on any atom is -0.476 e. The topological polar surface area (TPSA) is 69.2 Å². The van der Waals surface area contributed by atoms with Crippen molar-refractivity contribution in [1.29, 1.82) is 0 Å². The SMILES string of the molecule is CN1CCc2[nH]nc(C(=O)O)c2C1.Cl. The monoisotopic (exact) mass is 217 g/mol. The van der Waals surface area contributed by atoms with Gasteiger partial charge in [0.25, 0.3) is 0 Å². The molecule has 2 N–H and O–H groups in total. The van der Waals surface area contributed by atoms with Crippen molar-refractivity contribution in [2.45, 2.75) is 13.0 Å². The van der Waals surface area contributed by atoms with Crippen LogP contribution in [0.2, 0.25) is 0 Å². The smallest absolute Gasteiger partial charge is 0.356 e. The number of nitrogens with zero attached hydrogens (tertiary/aromatic N) is 2. The van der Waals surface area contributed by atoms with Gasteiger partial charge in [-0.05, 0) is 7.05 Å². The first-order valence-corrected chi connectivity index (χ1v) is 4.16. The van der Waals surface area contributed by atoms with Gasteiger partial charge < -0.3 is 10.0 Å². The zero-order valence-corrected chi connectivity index (χ0v) is 8.60. The average molecular weight is 218 g/mol. The number of nitrogens with one attached hydrogen (secondary N) is 1. The molecule has 0 radical (unpaired) electrons. The predicted octanol–water partition coefficient (Wildman–Crippen LogP) is 0.518. The summed E-state index contributed by atoms with van der Waals surface area (Å²) in [6, 6.07) is 0. The molecule has 0 aromatic carbocycles. The van der Waals surface area contributed by atoms with E-state index in [0.717, 1.165) is 24.2 Å². The molecule has 0 saturated carbocycles. The van der Waals surface area contributed by atoms with Crippen LogP contribution in [0.25, 0.3) is 0 Å². The van der Waals surface area contributed by atoms with E-state index in [-0.39, 0.29) is 18.1 Å². The number of carboxylic acid groups (broad SMARTS) is 1. The third kappa shape index (κ3) is 1.73. The molecule has 0 aliphatic carbocycles. The molecule has 0 saturated heterocycles. The Kier molecular flexibility index (Phi) is 3.13. The van der Waals surface area contributed by atoms with Gasteiger partial charge in [0, 0.05) is 30.8 Å². The van der Waals surface area contributed by atoms with Crippen LogP contribution in [0, 0.1) is 0 Å². The summed E-state index contributed by atoms with van der Waals surface area (Å²) < 4.78 is 0. The summed E-state index contributed by atoms with van der Waals surface area (Å²) in [6.07, 6.45) is 0.853. The van der Waals surface area contributed by atoms with Gasteiger partial charge in [-0.2, -0.15) is 5.10 Å². The molecule has 1 aliphatic rings. The van der Waals surface area contributed by atoms with Crippen molar-refractivity contribution < 1.29 is 9.90 Å². The van der Waals surface area contributed by atoms with Gasteiger partial charge in [-0.15, -0.1) is 12.4 Å². The lowest BCUT2D eigenvalue weighted by atomic mass is 10.1. The summed E-state index contributed by atoms with van der Waals surface area (Å²) in [6.45, 7) is 1.63. The molecular weight excluding hydrogens is 206 g/mol. The van der Waals surface area contributed by atoms with Crippen LogP contribution in [0.1, 0.15) is 21.7 Å². The maximum atomic E-state index is 10.7. The number of H-pyrrole nitrogens is 1. The first-order valence-electron chi connectivity index (χ1n) is 4.16. The second-order valence-electron chi connectivity index (χ2n) is 3.32. The molecule has 2 rings (SSSR count). The third-order valence-corrected chi connectivity index (χ3v) is 2.33. The number of aromatic carboxylic acids is 1. The van der Waals surface area contributed by atoms with Gasteiger partial charge in [-0.1, -0.05) is 0 Å². The fraction of sp³-hybridized carbons (Fsp3) is 0.500. The van der Waals surface area contributed by atoms with Gasteiger partial charge >= 0.3 is 5.97 Å². The fourth-order valence-electron chi connectivity index (χ4n) is 1.61. The van der Waals surface area contributed by atoms with E-state index in [1.165, 1.54) is 0 Å². The van der Waals surface area contributed by atoms with Crippen molar-refractivity contribution in [3.63, 3.8) is 0 Å². The van der Waals surface area contributed by atoms with E-state index in [1.807, 2.05) is 7.05 Å². The van der Waals surface area contributed by atoms with Crippen LogP contribution >= 0.6 is 12.4 Å². The summed E-state index contributed by atoms with van der Waals surface area (Å²) in [5.41, 5.74) is 1.97. The maximum absolute atomic E-state index is 10.7. The molecule has 5 nitrogen and oxygen atoms in total. The number of halogens is 1. The first kappa shape index (κ1) is 11.0. The van der Waals surface area contributed by atoms with E-state index < -0.39 is 5.97 Å². The normalized spacial score (nSPS) is 15.8. The van der Waals surface area contributed by atoms with Crippen molar-refractivity contribution in [2.75, 3.05) is 13.6 Å². The van der Waals surface area contributed by atoms with Crippen LogP contribution in [-0.2, 0) is 13.0 Å². The van der Waals surface area contributed by atoms with Crippen molar-refractivity contribution in [3.05, 3.63) is 17.0 Å². The molecule has 0 bridgehead atoms. The number of likely N-dealkylation sites (N-methyl/N-ethyl adjacent to an activating group) is 1. The van der Waals surface area contributed by atoms with E-state index in [1.54, 1.807) is 0 Å². The van der Waals surface area contributed by atoms with Gasteiger partial charge in [0.1, 0.15) is 0 Å². The van der Waals surface area contributed by atoms with Crippen molar-refractivity contribution in [2.24, 2.45) is 0 Å². The number of carbonyl (C=O) groups is 1. The van der Waals surface area contributed by atoms with Gasteiger partial charge in [-0.25, -0.2) is 4.79 Å². The van der Waals surface area contributed by atoms with Crippen molar-refractivity contribution >= 4 is 18.4 Å². The largest absolute Gasteiger partial charge is 0.476 e. The van der Waals surface area contributed by atoms with Gasteiger partial charge in [0.2, 0.25) is 0 Å². The Balaban J connectivity index is 0.000000980. The molecular formula is C8H12ClN3O2. The quantitative estimate of drug-likeness (QED) is 0.720. The minimum atomic E-state index is -0.951. The number of hydrogen-bond donors (Lipinski definition) is 2. The molecule has 0 atom stereocenters. The number of aromatic amines is 1. The highest BCUT2D eigenvalue weighted by Gasteiger charge is 2.22. The van der Waals surface area contributed by atoms with Crippen LogP contribution in [0.3, 0.4) is 0 Å². The highest BCUT2D eigenvalue weighted by atomic mass is 35.5. The molecule has 6 heteroatoms. The van der Waals surface area contributed by atoms with E-state index in [0.29, 0.717) is 6.54 Å². The first-order chi connectivity index (χ1) is 6.18. The number of hydrogen-bond acceptors (Lipinski definition) is 3. The molecule has 1 aromatic rings. The van der Waals surface area contributed by atoms with Crippen LogP contribution in [-0.4, -0.2) is 39.8 Å². The van der Waals surface area contributed by atoms with Crippen LogP contribution in [0.15, 0.2) is 0 Å². The third-order valence-electron chi connectivity index (χ3n) is 2.33. The second kappa shape index (κ2) is 3.98.